The van der Waals surface area contributed by atoms with E-state index in [0.717, 1.165) is 0 Å². The Labute approximate surface area is 183 Å². The number of aliphatic hydroxyl groups is 1. The lowest BCUT2D eigenvalue weighted by Crippen LogP contribution is -2.61. The Bertz CT molecular complexity index is 1030. The van der Waals surface area contributed by atoms with Crippen LogP contribution in [0.3, 0.4) is 0 Å². The number of esters is 1. The Morgan fingerprint density at radius 3 is 2.16 bits per heavy atom. The Morgan fingerprint density at radius 1 is 1.12 bits per heavy atom. The van der Waals surface area contributed by atoms with E-state index in [1.807, 2.05) is 12.1 Å². The molecule has 2 aliphatic heterocycles. The van der Waals surface area contributed by atoms with Crippen molar-refractivity contribution in [1.82, 2.24) is 5.06 Å². The molecule has 2 aliphatic rings. The molecule has 164 valence electrons. The van der Waals surface area contributed by atoms with Gasteiger partial charge in [0.2, 0.25) is 5.78 Å². The Balaban J connectivity index is 1.72. The molecule has 2 aromatic carbocycles. The number of benzene rings is 2. The van der Waals surface area contributed by atoms with E-state index in [1.165, 1.54) is 0 Å². The highest BCUT2D eigenvalue weighted by Crippen LogP contribution is 2.38. The van der Waals surface area contributed by atoms with Crippen molar-refractivity contribution >= 4 is 17.7 Å². The molecule has 9 nitrogen and oxygen atoms in total. The molecule has 2 saturated heterocycles. The molecule has 0 saturated carbocycles. The van der Waals surface area contributed by atoms with E-state index in [-0.39, 0.29) is 13.0 Å². The number of rotatable bonds is 6. The normalized spacial score (nSPS) is 25.2. The second-order valence-corrected chi connectivity index (χ2v) is 7.45. The number of Topliss-reactive ketones (excluding diaryl/α,β-unsaturated/α-hetero) is 1. The summed E-state index contributed by atoms with van der Waals surface area (Å²) >= 11 is 0. The summed E-state index contributed by atoms with van der Waals surface area (Å²) in [6, 6.07) is 17.8. The van der Waals surface area contributed by atoms with Crippen LogP contribution < -0.4 is 0 Å². The molecule has 0 aromatic heterocycles. The van der Waals surface area contributed by atoms with Crippen LogP contribution in [0.5, 0.6) is 0 Å². The van der Waals surface area contributed by atoms with E-state index >= 15 is 0 Å². The molecule has 2 aromatic rings. The molecule has 0 spiro atoms. The highest BCUT2D eigenvalue weighted by Gasteiger charge is 2.68. The fourth-order valence-electron chi connectivity index (χ4n) is 3.68. The van der Waals surface area contributed by atoms with Gasteiger partial charge in [-0.15, -0.1) is 0 Å². The summed E-state index contributed by atoms with van der Waals surface area (Å²) in [6.07, 6.45) is -1.03. The van der Waals surface area contributed by atoms with Gasteiger partial charge in [-0.3, -0.25) is 19.3 Å². The zero-order chi connectivity index (χ0) is 22.8. The number of amides is 1. The maximum Gasteiger partial charge on any atom is 0.371 e. The van der Waals surface area contributed by atoms with E-state index in [4.69, 9.17) is 20.9 Å². The van der Waals surface area contributed by atoms with Gasteiger partial charge in [0.05, 0.1) is 6.61 Å². The summed E-state index contributed by atoms with van der Waals surface area (Å²) in [5.41, 5.74) is -3.14. The largest absolute Gasteiger partial charge is 0.449 e. The van der Waals surface area contributed by atoms with Crippen LogP contribution in [0, 0.1) is 6.57 Å². The van der Waals surface area contributed by atoms with E-state index in [1.54, 1.807) is 48.5 Å². The summed E-state index contributed by atoms with van der Waals surface area (Å²) in [6.45, 7) is 5.81. The predicted octanol–water partition coefficient (Wildman–Crippen LogP) is 1.43. The van der Waals surface area contributed by atoms with Gasteiger partial charge in [-0.25, -0.2) is 11.4 Å². The van der Waals surface area contributed by atoms with E-state index in [2.05, 4.69) is 4.85 Å². The number of nitrogens with zero attached hydrogens (tertiary/aromatic N) is 2. The average molecular weight is 436 g/mol. The van der Waals surface area contributed by atoms with Gasteiger partial charge in [-0.2, -0.15) is 5.06 Å². The van der Waals surface area contributed by atoms with Crippen LogP contribution in [0.1, 0.15) is 23.7 Å². The molecule has 1 amide bonds. The first kappa shape index (κ1) is 21.6. The summed E-state index contributed by atoms with van der Waals surface area (Å²) in [4.78, 5) is 47.8. The number of ether oxygens (including phenoxy) is 2. The zero-order valence-electron chi connectivity index (χ0n) is 17.0. The van der Waals surface area contributed by atoms with E-state index in [9.17, 15) is 19.5 Å². The van der Waals surface area contributed by atoms with Crippen LogP contribution in [-0.2, 0) is 28.7 Å². The predicted molar refractivity (Wildman–Crippen MR) is 108 cm³/mol. The second kappa shape index (κ2) is 8.51. The van der Waals surface area contributed by atoms with Gasteiger partial charge in [0.25, 0.3) is 0 Å². The molecular weight excluding hydrogens is 416 g/mol. The Kier molecular flexibility index (Phi) is 5.76. The van der Waals surface area contributed by atoms with Crippen molar-refractivity contribution < 1.29 is 33.8 Å². The van der Waals surface area contributed by atoms with Gasteiger partial charge in [0.1, 0.15) is 6.61 Å². The molecule has 2 atom stereocenters. The van der Waals surface area contributed by atoms with Crippen molar-refractivity contribution in [3.8, 4) is 0 Å². The quantitative estimate of drug-likeness (QED) is 0.415. The van der Waals surface area contributed by atoms with E-state index in [0.29, 0.717) is 16.2 Å². The zero-order valence-corrected chi connectivity index (χ0v) is 17.0. The fourth-order valence-corrected chi connectivity index (χ4v) is 3.68. The smallest absolute Gasteiger partial charge is 0.371 e. The summed E-state index contributed by atoms with van der Waals surface area (Å²) < 4.78 is 11.3. The standard InChI is InChI=1S/C23H20N2O7/c1-24-22(14-26)15-31-25(20(22)28)23(18(27)12-13-30-23)21(29)32-19(16-8-4-2-5-9-16)17-10-6-3-7-11-17/h2-11,19,26H,12-15H2. The summed E-state index contributed by atoms with van der Waals surface area (Å²) in [5, 5.41) is 10.1. The van der Waals surface area contributed by atoms with Crippen LogP contribution >= 0.6 is 0 Å². The molecule has 9 heteroatoms. The van der Waals surface area contributed by atoms with Crippen LogP contribution in [0.15, 0.2) is 60.7 Å². The Hall–Kier alpha value is -3.58. The SMILES string of the molecule is [C-]#[N+]C1(CO)CON(C2(C(=O)OC(c3ccccc3)c3ccccc3)OCCC2=O)C1=O. The highest BCUT2D eigenvalue weighted by molar-refractivity contribution is 6.11. The van der Waals surface area contributed by atoms with Crippen LogP contribution in [-0.4, -0.2) is 58.9 Å². The third-order valence-electron chi connectivity index (χ3n) is 5.50. The maximum absolute atomic E-state index is 13.5. The number of ketones is 1. The van der Waals surface area contributed by atoms with Gasteiger partial charge in [0, 0.05) is 6.42 Å². The first-order chi connectivity index (χ1) is 15.5. The fraction of sp³-hybridized carbons (Fsp3) is 0.304. The lowest BCUT2D eigenvalue weighted by molar-refractivity contribution is -0.257. The van der Waals surface area contributed by atoms with Gasteiger partial charge in [-0.05, 0) is 11.1 Å². The molecule has 0 aliphatic carbocycles. The lowest BCUT2D eigenvalue weighted by atomic mass is 9.99. The van der Waals surface area contributed by atoms with Crippen LogP contribution in [0.4, 0.5) is 0 Å². The molecule has 32 heavy (non-hydrogen) atoms. The molecular formula is C23H20N2O7. The minimum atomic E-state index is -2.49. The van der Waals surface area contributed by atoms with Crippen molar-refractivity contribution in [2.24, 2.45) is 0 Å². The summed E-state index contributed by atoms with van der Waals surface area (Å²) in [7, 11) is 0. The molecule has 2 heterocycles. The molecule has 0 bridgehead atoms. The topological polar surface area (TPSA) is 107 Å². The van der Waals surface area contributed by atoms with Gasteiger partial charge >= 0.3 is 23.1 Å². The Morgan fingerprint density at radius 2 is 1.72 bits per heavy atom. The van der Waals surface area contributed by atoms with E-state index < -0.39 is 48.2 Å². The lowest BCUT2D eigenvalue weighted by Gasteiger charge is -2.33. The van der Waals surface area contributed by atoms with Crippen molar-refractivity contribution in [2.75, 3.05) is 19.8 Å². The number of hydroxylamine groups is 2. The molecule has 1 N–H and O–H groups in total. The molecule has 4 rings (SSSR count). The van der Waals surface area contributed by atoms with Crippen molar-refractivity contribution in [1.29, 1.82) is 0 Å². The van der Waals surface area contributed by atoms with Crippen LogP contribution in [0.2, 0.25) is 0 Å². The monoisotopic (exact) mass is 436 g/mol. The van der Waals surface area contributed by atoms with Gasteiger partial charge in [0.15, 0.2) is 12.7 Å². The van der Waals surface area contributed by atoms with Crippen molar-refractivity contribution in [2.45, 2.75) is 23.8 Å². The molecule has 2 fully saturated rings. The average Bonchev–Trinajstić information content (AvgIpc) is 3.38. The van der Waals surface area contributed by atoms with Gasteiger partial charge < -0.3 is 14.6 Å². The first-order valence-electron chi connectivity index (χ1n) is 9.94. The number of hydrogen-bond donors (Lipinski definition) is 1. The third kappa shape index (κ3) is 3.35. The minimum Gasteiger partial charge on any atom is -0.449 e. The number of hydrogen-bond acceptors (Lipinski definition) is 7. The maximum atomic E-state index is 13.5. The molecule has 2 unspecified atom stereocenters. The molecule has 0 radical (unpaired) electrons. The first-order valence-corrected chi connectivity index (χ1v) is 9.94. The van der Waals surface area contributed by atoms with Crippen molar-refractivity contribution in [3.63, 3.8) is 0 Å². The second-order valence-electron chi connectivity index (χ2n) is 7.45. The summed E-state index contributed by atoms with van der Waals surface area (Å²) in [5.74, 6) is -2.89. The highest BCUT2D eigenvalue weighted by atomic mass is 16.7. The third-order valence-corrected chi connectivity index (χ3v) is 5.50. The number of carbonyl (C=O) groups excluding carboxylic acids is 3. The van der Waals surface area contributed by atoms with Gasteiger partial charge in [-0.1, -0.05) is 60.7 Å². The number of aliphatic hydroxyl groups excluding tert-OH is 1. The number of carbonyl (C=O) groups is 3. The van der Waals surface area contributed by atoms with Crippen molar-refractivity contribution in [3.05, 3.63) is 83.2 Å². The van der Waals surface area contributed by atoms with Crippen LogP contribution in [0.25, 0.3) is 4.85 Å². The minimum absolute atomic E-state index is 0.132.